The molecule has 0 heterocycles. The van der Waals surface area contributed by atoms with E-state index < -0.39 is 16.3 Å². The van der Waals surface area contributed by atoms with Crippen LogP contribution >= 0.6 is 0 Å². The SMILES string of the molecule is COc1cccc(CN(CC(OC)OC)S(=O)(=O)c2ccc(C)cc2)c1. The highest BCUT2D eigenvalue weighted by Gasteiger charge is 2.27. The number of aryl methyl sites for hydroxylation is 1. The van der Waals surface area contributed by atoms with Crippen molar-refractivity contribution in [2.24, 2.45) is 0 Å². The predicted molar refractivity (Wildman–Crippen MR) is 99.6 cm³/mol. The number of hydrogen-bond acceptors (Lipinski definition) is 5. The molecule has 0 radical (unpaired) electrons. The van der Waals surface area contributed by atoms with Crippen molar-refractivity contribution in [3.8, 4) is 5.75 Å². The van der Waals surface area contributed by atoms with Crippen LogP contribution in [0.15, 0.2) is 53.4 Å². The van der Waals surface area contributed by atoms with Gasteiger partial charge in [0.2, 0.25) is 10.0 Å². The van der Waals surface area contributed by atoms with E-state index in [9.17, 15) is 8.42 Å². The Kier molecular flexibility index (Phi) is 7.16. The summed E-state index contributed by atoms with van der Waals surface area (Å²) >= 11 is 0. The highest BCUT2D eigenvalue weighted by Crippen LogP contribution is 2.22. The zero-order valence-corrected chi connectivity index (χ0v) is 16.3. The molecular weight excluding hydrogens is 354 g/mol. The first-order valence-electron chi connectivity index (χ1n) is 8.16. The number of methoxy groups -OCH3 is 3. The Morgan fingerprint density at radius 2 is 1.65 bits per heavy atom. The molecule has 2 aromatic carbocycles. The zero-order valence-electron chi connectivity index (χ0n) is 15.5. The molecular formula is C19H25NO5S. The van der Waals surface area contributed by atoms with Crippen LogP contribution in [0.4, 0.5) is 0 Å². The highest BCUT2D eigenvalue weighted by molar-refractivity contribution is 7.89. The Bertz CT molecular complexity index is 801. The molecule has 0 aliphatic heterocycles. The minimum Gasteiger partial charge on any atom is -0.497 e. The van der Waals surface area contributed by atoms with E-state index in [4.69, 9.17) is 14.2 Å². The van der Waals surface area contributed by atoms with Crippen LogP contribution in [0.3, 0.4) is 0 Å². The first-order chi connectivity index (χ1) is 12.4. The molecule has 6 nitrogen and oxygen atoms in total. The van der Waals surface area contributed by atoms with Gasteiger partial charge in [-0.25, -0.2) is 8.42 Å². The summed E-state index contributed by atoms with van der Waals surface area (Å²) in [6, 6.07) is 14.1. The van der Waals surface area contributed by atoms with Crippen molar-refractivity contribution in [3.63, 3.8) is 0 Å². The maximum Gasteiger partial charge on any atom is 0.243 e. The van der Waals surface area contributed by atoms with Gasteiger partial charge < -0.3 is 14.2 Å². The molecule has 2 aromatic rings. The van der Waals surface area contributed by atoms with Crippen LogP contribution in [-0.4, -0.2) is 46.9 Å². The van der Waals surface area contributed by atoms with E-state index in [0.29, 0.717) is 5.75 Å². The Morgan fingerprint density at radius 3 is 2.23 bits per heavy atom. The summed E-state index contributed by atoms with van der Waals surface area (Å²) in [7, 11) is 0.822. The molecule has 0 N–H and O–H groups in total. The standard InChI is InChI=1S/C19H25NO5S/c1-15-8-10-18(11-9-15)26(21,22)20(14-19(24-3)25-4)13-16-6-5-7-17(12-16)23-2/h5-12,19H,13-14H2,1-4H3. The second-order valence-corrected chi connectivity index (χ2v) is 7.80. The molecule has 0 spiro atoms. The Morgan fingerprint density at radius 1 is 1.00 bits per heavy atom. The van der Waals surface area contributed by atoms with Gasteiger partial charge in [0.05, 0.1) is 18.6 Å². The second kappa shape index (κ2) is 9.14. The van der Waals surface area contributed by atoms with E-state index in [1.807, 2.05) is 31.2 Å². The molecule has 0 aliphatic carbocycles. The fraction of sp³-hybridized carbons (Fsp3) is 0.368. The average molecular weight is 379 g/mol. The number of sulfonamides is 1. The smallest absolute Gasteiger partial charge is 0.243 e. The van der Waals surface area contributed by atoms with Crippen molar-refractivity contribution >= 4 is 10.0 Å². The minimum atomic E-state index is -3.72. The lowest BCUT2D eigenvalue weighted by molar-refractivity contribution is -0.108. The fourth-order valence-corrected chi connectivity index (χ4v) is 3.91. The summed E-state index contributed by atoms with van der Waals surface area (Å²) in [4.78, 5) is 0.233. The topological polar surface area (TPSA) is 65.1 Å². The predicted octanol–water partition coefficient (Wildman–Crippen LogP) is 2.81. The van der Waals surface area contributed by atoms with Crippen LogP contribution in [0.2, 0.25) is 0 Å². The molecule has 0 fully saturated rings. The van der Waals surface area contributed by atoms with Crippen LogP contribution in [0.25, 0.3) is 0 Å². The molecule has 2 rings (SSSR count). The number of rotatable bonds is 9. The van der Waals surface area contributed by atoms with E-state index in [0.717, 1.165) is 11.1 Å². The largest absolute Gasteiger partial charge is 0.497 e. The summed E-state index contributed by atoms with van der Waals surface area (Å²) in [6.45, 7) is 2.16. The third kappa shape index (κ3) is 5.04. The van der Waals surface area contributed by atoms with E-state index in [-0.39, 0.29) is 18.0 Å². The lowest BCUT2D eigenvalue weighted by Crippen LogP contribution is -2.38. The summed E-state index contributed by atoms with van der Waals surface area (Å²) in [6.07, 6.45) is -0.666. The first-order valence-corrected chi connectivity index (χ1v) is 9.60. The van der Waals surface area contributed by atoms with Gasteiger partial charge in [0.15, 0.2) is 6.29 Å². The average Bonchev–Trinajstić information content (AvgIpc) is 2.65. The normalized spacial score (nSPS) is 11.9. The van der Waals surface area contributed by atoms with Gasteiger partial charge in [-0.05, 0) is 36.8 Å². The Labute approximate surface area is 155 Å². The number of hydrogen-bond donors (Lipinski definition) is 0. The third-order valence-electron chi connectivity index (χ3n) is 4.03. The fourth-order valence-electron chi connectivity index (χ4n) is 2.49. The van der Waals surface area contributed by atoms with Crippen LogP contribution in [0.1, 0.15) is 11.1 Å². The molecule has 0 amide bonds. The molecule has 26 heavy (non-hydrogen) atoms. The lowest BCUT2D eigenvalue weighted by atomic mass is 10.2. The maximum absolute atomic E-state index is 13.2. The Hall–Kier alpha value is -1.93. The summed E-state index contributed by atoms with van der Waals surface area (Å²) < 4.78 is 43.3. The monoisotopic (exact) mass is 379 g/mol. The molecule has 0 aromatic heterocycles. The lowest BCUT2D eigenvalue weighted by Gasteiger charge is -2.26. The van der Waals surface area contributed by atoms with Gasteiger partial charge >= 0.3 is 0 Å². The van der Waals surface area contributed by atoms with E-state index in [2.05, 4.69) is 0 Å². The summed E-state index contributed by atoms with van der Waals surface area (Å²) in [5.74, 6) is 0.671. The van der Waals surface area contributed by atoms with Crippen molar-refractivity contribution in [1.29, 1.82) is 0 Å². The van der Waals surface area contributed by atoms with Gasteiger partial charge in [-0.1, -0.05) is 29.8 Å². The maximum atomic E-state index is 13.2. The van der Waals surface area contributed by atoms with Gasteiger partial charge in [-0.3, -0.25) is 0 Å². The molecule has 0 unspecified atom stereocenters. The van der Waals surface area contributed by atoms with Crippen molar-refractivity contribution < 1.29 is 22.6 Å². The van der Waals surface area contributed by atoms with Crippen LogP contribution in [0, 0.1) is 6.92 Å². The second-order valence-electron chi connectivity index (χ2n) is 5.86. The van der Waals surface area contributed by atoms with Crippen molar-refractivity contribution in [2.75, 3.05) is 27.9 Å². The van der Waals surface area contributed by atoms with E-state index in [1.165, 1.54) is 18.5 Å². The van der Waals surface area contributed by atoms with Gasteiger partial charge in [-0.15, -0.1) is 0 Å². The quantitative estimate of drug-likeness (QED) is 0.627. The van der Waals surface area contributed by atoms with E-state index in [1.54, 1.807) is 31.4 Å². The van der Waals surface area contributed by atoms with Crippen LogP contribution in [-0.2, 0) is 26.0 Å². The zero-order chi connectivity index (χ0) is 19.2. The number of ether oxygens (including phenoxy) is 3. The van der Waals surface area contributed by atoms with E-state index >= 15 is 0 Å². The molecule has 0 bridgehead atoms. The van der Waals surface area contributed by atoms with Gasteiger partial charge in [-0.2, -0.15) is 4.31 Å². The van der Waals surface area contributed by atoms with Crippen LogP contribution in [0.5, 0.6) is 5.75 Å². The molecule has 0 atom stereocenters. The van der Waals surface area contributed by atoms with Gasteiger partial charge in [0.25, 0.3) is 0 Å². The van der Waals surface area contributed by atoms with Crippen molar-refractivity contribution in [1.82, 2.24) is 4.31 Å². The third-order valence-corrected chi connectivity index (χ3v) is 5.86. The van der Waals surface area contributed by atoms with Gasteiger partial charge in [0, 0.05) is 20.8 Å². The molecule has 0 aliphatic rings. The summed E-state index contributed by atoms with van der Waals surface area (Å²) in [5, 5.41) is 0. The van der Waals surface area contributed by atoms with Crippen molar-refractivity contribution in [3.05, 3.63) is 59.7 Å². The number of nitrogens with zero attached hydrogens (tertiary/aromatic N) is 1. The molecule has 142 valence electrons. The minimum absolute atomic E-state index is 0.0699. The van der Waals surface area contributed by atoms with Gasteiger partial charge in [0.1, 0.15) is 5.75 Å². The van der Waals surface area contributed by atoms with Crippen molar-refractivity contribution in [2.45, 2.75) is 24.7 Å². The molecule has 0 saturated heterocycles. The highest BCUT2D eigenvalue weighted by atomic mass is 32.2. The van der Waals surface area contributed by atoms with Crippen LogP contribution < -0.4 is 4.74 Å². The number of benzene rings is 2. The summed E-state index contributed by atoms with van der Waals surface area (Å²) in [5.41, 5.74) is 1.81. The first kappa shape index (κ1) is 20.4. The molecule has 0 saturated carbocycles. The Balaban J connectivity index is 2.37. The molecule has 7 heteroatoms.